The minimum atomic E-state index is -0.139. The Bertz CT molecular complexity index is 1120. The van der Waals surface area contributed by atoms with Crippen LogP contribution in [0.3, 0.4) is 0 Å². The molecule has 1 aliphatic heterocycles. The van der Waals surface area contributed by atoms with Crippen molar-refractivity contribution >= 4 is 28.4 Å². The fourth-order valence-electron chi connectivity index (χ4n) is 2.98. The number of aromatic nitrogens is 2. The molecule has 0 radical (unpaired) electrons. The number of carbonyl (C=O) groups is 1. The van der Waals surface area contributed by atoms with Crippen molar-refractivity contribution in [3.63, 3.8) is 0 Å². The highest BCUT2D eigenvalue weighted by Gasteiger charge is 2.17. The van der Waals surface area contributed by atoms with E-state index >= 15 is 0 Å². The molecular formula is C21H18N2O4S. The minimum absolute atomic E-state index is 0.0745. The van der Waals surface area contributed by atoms with Crippen molar-refractivity contribution in [1.29, 1.82) is 0 Å². The van der Waals surface area contributed by atoms with Gasteiger partial charge in [-0.25, -0.2) is 4.98 Å². The Morgan fingerprint density at radius 1 is 1.18 bits per heavy atom. The molecule has 1 aromatic heterocycles. The number of allylic oxidation sites excluding steroid dienone is 1. The molecule has 0 amide bonds. The van der Waals surface area contributed by atoms with E-state index in [1.807, 2.05) is 12.1 Å². The number of ketones is 1. The van der Waals surface area contributed by atoms with Gasteiger partial charge in [-0.15, -0.1) is 6.58 Å². The molecule has 4 rings (SSSR count). The van der Waals surface area contributed by atoms with Crippen LogP contribution in [0.15, 0.2) is 65.1 Å². The number of carbonyl (C=O) groups excluding carboxylic acids is 1. The van der Waals surface area contributed by atoms with Crippen LogP contribution < -0.4 is 15.0 Å². The molecule has 0 atom stereocenters. The quantitative estimate of drug-likeness (QED) is 0.276. The van der Waals surface area contributed by atoms with E-state index < -0.39 is 0 Å². The van der Waals surface area contributed by atoms with E-state index in [0.717, 1.165) is 0 Å². The van der Waals surface area contributed by atoms with Gasteiger partial charge in [0.1, 0.15) is 13.2 Å². The summed E-state index contributed by atoms with van der Waals surface area (Å²) in [7, 11) is 0. The maximum Gasteiger partial charge on any atom is 0.262 e. The van der Waals surface area contributed by atoms with Crippen molar-refractivity contribution < 1.29 is 14.3 Å². The Morgan fingerprint density at radius 2 is 1.96 bits per heavy atom. The minimum Gasteiger partial charge on any atom is -0.486 e. The zero-order valence-corrected chi connectivity index (χ0v) is 15.9. The zero-order chi connectivity index (χ0) is 19.5. The first-order valence-electron chi connectivity index (χ1n) is 8.83. The molecule has 0 bridgehead atoms. The Hall–Kier alpha value is -3.06. The summed E-state index contributed by atoms with van der Waals surface area (Å²) >= 11 is 1.24. The summed E-state index contributed by atoms with van der Waals surface area (Å²) in [5.74, 6) is 1.30. The maximum absolute atomic E-state index is 12.8. The number of hydrogen-bond acceptors (Lipinski definition) is 6. The molecule has 28 heavy (non-hydrogen) atoms. The second-order valence-electron chi connectivity index (χ2n) is 6.19. The fraction of sp³-hybridized carbons (Fsp3) is 0.190. The standard InChI is InChI=1S/C21H18N2O4S/c1-2-9-23-20(25)15-5-3-4-6-16(15)22-21(23)28-13-17(24)14-7-8-18-19(12-14)27-11-10-26-18/h2-8,12H,1,9-11,13H2. The van der Waals surface area contributed by atoms with Gasteiger partial charge in [0.25, 0.3) is 5.56 Å². The molecule has 0 spiro atoms. The van der Waals surface area contributed by atoms with E-state index in [9.17, 15) is 9.59 Å². The second-order valence-corrected chi connectivity index (χ2v) is 7.13. The third-order valence-electron chi connectivity index (χ3n) is 4.33. The van der Waals surface area contributed by atoms with Crippen LogP contribution in [-0.4, -0.2) is 34.3 Å². The molecular weight excluding hydrogens is 376 g/mol. The number of nitrogens with zero attached hydrogens (tertiary/aromatic N) is 2. The third-order valence-corrected chi connectivity index (χ3v) is 5.31. The van der Waals surface area contributed by atoms with E-state index in [1.54, 1.807) is 36.4 Å². The van der Waals surface area contributed by atoms with Gasteiger partial charge in [-0.2, -0.15) is 0 Å². The number of ether oxygens (including phenoxy) is 2. The van der Waals surface area contributed by atoms with Crippen LogP contribution >= 0.6 is 11.8 Å². The summed E-state index contributed by atoms with van der Waals surface area (Å²) in [6.45, 7) is 5.01. The topological polar surface area (TPSA) is 70.4 Å². The average molecular weight is 394 g/mol. The van der Waals surface area contributed by atoms with Crippen LogP contribution in [0.1, 0.15) is 10.4 Å². The highest BCUT2D eigenvalue weighted by molar-refractivity contribution is 7.99. The molecule has 6 nitrogen and oxygen atoms in total. The molecule has 3 aromatic rings. The van der Waals surface area contributed by atoms with Gasteiger partial charge in [0.05, 0.1) is 16.7 Å². The number of rotatable bonds is 6. The van der Waals surface area contributed by atoms with Crippen LogP contribution in [0.2, 0.25) is 0 Å². The number of hydrogen-bond donors (Lipinski definition) is 0. The van der Waals surface area contributed by atoms with Gasteiger partial charge in [-0.05, 0) is 30.3 Å². The molecule has 0 N–H and O–H groups in total. The van der Waals surface area contributed by atoms with Crippen molar-refractivity contribution in [3.05, 3.63) is 71.0 Å². The van der Waals surface area contributed by atoms with Crippen LogP contribution in [0.5, 0.6) is 11.5 Å². The second kappa shape index (κ2) is 7.90. The van der Waals surface area contributed by atoms with Gasteiger partial charge in [0.15, 0.2) is 22.4 Å². The fourth-order valence-corrected chi connectivity index (χ4v) is 3.88. The number of thioether (sulfide) groups is 1. The molecule has 0 saturated heterocycles. The predicted octanol–water partition coefficient (Wildman–Crippen LogP) is 3.33. The summed E-state index contributed by atoms with van der Waals surface area (Å²) in [6.07, 6.45) is 1.64. The first-order valence-corrected chi connectivity index (χ1v) is 9.82. The molecule has 2 heterocycles. The monoisotopic (exact) mass is 394 g/mol. The van der Waals surface area contributed by atoms with E-state index in [-0.39, 0.29) is 17.1 Å². The molecule has 0 unspecified atom stereocenters. The lowest BCUT2D eigenvalue weighted by atomic mass is 10.1. The Kier molecular flexibility index (Phi) is 5.16. The number of para-hydroxylation sites is 1. The molecule has 1 aliphatic rings. The Labute approximate surface area is 165 Å². The van der Waals surface area contributed by atoms with Crippen molar-refractivity contribution in [3.8, 4) is 11.5 Å². The van der Waals surface area contributed by atoms with E-state index in [2.05, 4.69) is 11.6 Å². The molecule has 142 valence electrons. The first kappa shape index (κ1) is 18.3. The lowest BCUT2D eigenvalue weighted by molar-refractivity contribution is 0.102. The van der Waals surface area contributed by atoms with Crippen LogP contribution in [-0.2, 0) is 6.54 Å². The lowest BCUT2D eigenvalue weighted by Crippen LogP contribution is -2.23. The Balaban J connectivity index is 1.59. The largest absolute Gasteiger partial charge is 0.486 e. The first-order chi connectivity index (χ1) is 13.7. The van der Waals surface area contributed by atoms with Gasteiger partial charge in [0, 0.05) is 12.1 Å². The highest BCUT2D eigenvalue weighted by Crippen LogP contribution is 2.31. The third kappa shape index (κ3) is 3.53. The molecule has 7 heteroatoms. The van der Waals surface area contributed by atoms with Crippen molar-refractivity contribution in [2.45, 2.75) is 11.7 Å². The maximum atomic E-state index is 12.8. The summed E-state index contributed by atoms with van der Waals surface area (Å²) in [4.78, 5) is 30.0. The van der Waals surface area contributed by atoms with E-state index in [0.29, 0.717) is 52.9 Å². The van der Waals surface area contributed by atoms with E-state index in [4.69, 9.17) is 9.47 Å². The number of benzene rings is 2. The van der Waals surface area contributed by atoms with Gasteiger partial charge in [0.2, 0.25) is 0 Å². The smallest absolute Gasteiger partial charge is 0.262 e. The molecule has 0 saturated carbocycles. The van der Waals surface area contributed by atoms with Crippen LogP contribution in [0.25, 0.3) is 10.9 Å². The summed E-state index contributed by atoms with van der Waals surface area (Å²) in [6, 6.07) is 12.3. The average Bonchev–Trinajstić information content (AvgIpc) is 2.74. The number of Topliss-reactive ketones (excluding diaryl/α,β-unsaturated/α-hetero) is 1. The SMILES string of the molecule is C=CCn1c(SCC(=O)c2ccc3c(c2)OCCO3)nc2ccccc2c1=O. The van der Waals surface area contributed by atoms with Gasteiger partial charge in [-0.1, -0.05) is 30.0 Å². The predicted molar refractivity (Wildman–Crippen MR) is 109 cm³/mol. The number of fused-ring (bicyclic) bond motifs is 2. The lowest BCUT2D eigenvalue weighted by Gasteiger charge is -2.18. The normalized spacial score (nSPS) is 12.7. The summed E-state index contributed by atoms with van der Waals surface area (Å²) in [5, 5.41) is 1.04. The van der Waals surface area contributed by atoms with Gasteiger partial charge < -0.3 is 9.47 Å². The van der Waals surface area contributed by atoms with Crippen molar-refractivity contribution in [2.24, 2.45) is 0 Å². The molecule has 2 aromatic carbocycles. The van der Waals surface area contributed by atoms with Crippen molar-refractivity contribution in [1.82, 2.24) is 9.55 Å². The van der Waals surface area contributed by atoms with Gasteiger partial charge in [-0.3, -0.25) is 14.2 Å². The molecule has 0 fully saturated rings. The van der Waals surface area contributed by atoms with E-state index in [1.165, 1.54) is 16.3 Å². The summed E-state index contributed by atoms with van der Waals surface area (Å²) in [5.41, 5.74) is 1.01. The molecule has 0 aliphatic carbocycles. The van der Waals surface area contributed by atoms with Crippen LogP contribution in [0, 0.1) is 0 Å². The van der Waals surface area contributed by atoms with Crippen LogP contribution in [0.4, 0.5) is 0 Å². The van der Waals surface area contributed by atoms with Gasteiger partial charge >= 0.3 is 0 Å². The Morgan fingerprint density at radius 3 is 2.79 bits per heavy atom. The van der Waals surface area contributed by atoms with Crippen molar-refractivity contribution in [2.75, 3.05) is 19.0 Å². The highest BCUT2D eigenvalue weighted by atomic mass is 32.2. The zero-order valence-electron chi connectivity index (χ0n) is 15.1. The summed E-state index contributed by atoms with van der Waals surface area (Å²) < 4.78 is 12.6.